The summed E-state index contributed by atoms with van der Waals surface area (Å²) in [6.07, 6.45) is 3.40. The summed E-state index contributed by atoms with van der Waals surface area (Å²) in [6, 6.07) is 31.1. The molecule has 0 radical (unpaired) electrons. The molecule has 49 heavy (non-hydrogen) atoms. The predicted octanol–water partition coefficient (Wildman–Crippen LogP) is 7.89. The van der Waals surface area contributed by atoms with Crippen molar-refractivity contribution in [2.75, 3.05) is 66.1 Å². The van der Waals surface area contributed by atoms with E-state index in [-0.39, 0.29) is 0 Å². The normalized spacial score (nSPS) is 18.0. The molecule has 0 unspecified atom stereocenters. The largest absolute Gasteiger partial charge is 0.377 e. The zero-order valence-corrected chi connectivity index (χ0v) is 28.4. The van der Waals surface area contributed by atoms with Gasteiger partial charge in [0.05, 0.1) is 79.3 Å². The Morgan fingerprint density at radius 3 is 1.14 bits per heavy atom. The van der Waals surface area contributed by atoms with E-state index in [0.717, 1.165) is 32.4 Å². The van der Waals surface area contributed by atoms with E-state index in [9.17, 15) is 0 Å². The highest BCUT2D eigenvalue weighted by atomic mass is 16.6. The van der Waals surface area contributed by atoms with Gasteiger partial charge in [-0.15, -0.1) is 0 Å². The fourth-order valence-electron chi connectivity index (χ4n) is 6.96. The second-order valence-electron chi connectivity index (χ2n) is 12.7. The van der Waals surface area contributed by atoms with E-state index in [1.807, 2.05) is 0 Å². The number of nitrogens with zero attached hydrogens (tertiary/aromatic N) is 2. The molecule has 3 aliphatic rings. The number of benzene rings is 4. The van der Waals surface area contributed by atoms with Crippen molar-refractivity contribution in [1.82, 2.24) is 9.13 Å². The van der Waals surface area contributed by atoms with Crippen LogP contribution in [0.15, 0.2) is 84.9 Å². The quantitative estimate of drug-likeness (QED) is 0.165. The van der Waals surface area contributed by atoms with Gasteiger partial charge in [0.15, 0.2) is 0 Å². The smallest absolute Gasteiger partial charge is 0.0718 e. The molecule has 0 saturated carbocycles. The fraction of sp³-hybridized carbons (Fsp3) is 0.415. The third-order valence-electron chi connectivity index (χ3n) is 9.33. The van der Waals surface area contributed by atoms with E-state index in [1.54, 1.807) is 0 Å². The number of aromatic nitrogens is 2. The molecule has 9 rings (SSSR count). The van der Waals surface area contributed by atoms with Gasteiger partial charge in [-0.2, -0.15) is 0 Å². The Labute approximate surface area is 288 Å². The number of aryl methyl sites for hydroxylation is 2. The maximum Gasteiger partial charge on any atom is 0.0718 e. The SMILES string of the molecule is c1ccc2c(c1)c1cc3ccc1n2CCCCCn1c2ccccc2c2cc(ccc21)COCCOCCOCCOCCOCCOC3. The molecule has 8 heteroatoms. The minimum absolute atomic E-state index is 0.533. The first kappa shape index (κ1) is 33.7. The van der Waals surface area contributed by atoms with E-state index in [1.165, 1.54) is 54.7 Å². The first-order valence-electron chi connectivity index (χ1n) is 17.8. The van der Waals surface area contributed by atoms with E-state index in [0.29, 0.717) is 79.3 Å². The second-order valence-corrected chi connectivity index (χ2v) is 12.7. The van der Waals surface area contributed by atoms with Crippen molar-refractivity contribution in [1.29, 1.82) is 0 Å². The molecule has 8 bridgehead atoms. The molecule has 8 nitrogen and oxygen atoms in total. The van der Waals surface area contributed by atoms with Crippen LogP contribution in [0.25, 0.3) is 43.6 Å². The lowest BCUT2D eigenvalue weighted by Gasteiger charge is -2.10. The number of hydrogen-bond donors (Lipinski definition) is 0. The van der Waals surface area contributed by atoms with E-state index in [4.69, 9.17) is 28.4 Å². The van der Waals surface area contributed by atoms with Gasteiger partial charge in [0, 0.05) is 56.7 Å². The van der Waals surface area contributed by atoms with E-state index in [2.05, 4.69) is 94.1 Å². The Morgan fingerprint density at radius 2 is 0.714 bits per heavy atom. The van der Waals surface area contributed by atoms with Crippen molar-refractivity contribution in [2.45, 2.75) is 45.6 Å². The third-order valence-corrected chi connectivity index (χ3v) is 9.33. The van der Waals surface area contributed by atoms with Crippen LogP contribution in [0.3, 0.4) is 0 Å². The van der Waals surface area contributed by atoms with Crippen LogP contribution in [0.2, 0.25) is 0 Å². The zero-order chi connectivity index (χ0) is 33.1. The van der Waals surface area contributed by atoms with Crippen LogP contribution < -0.4 is 0 Å². The maximum absolute atomic E-state index is 5.96. The van der Waals surface area contributed by atoms with E-state index >= 15 is 0 Å². The van der Waals surface area contributed by atoms with Gasteiger partial charge in [0.25, 0.3) is 0 Å². The van der Waals surface area contributed by atoms with Crippen LogP contribution in [0.5, 0.6) is 0 Å². The van der Waals surface area contributed by atoms with Crippen LogP contribution in [0, 0.1) is 0 Å². The lowest BCUT2D eigenvalue weighted by molar-refractivity contribution is -0.0185. The molecule has 0 saturated heterocycles. The van der Waals surface area contributed by atoms with Crippen molar-refractivity contribution in [3.63, 3.8) is 0 Å². The van der Waals surface area contributed by atoms with Crippen molar-refractivity contribution < 1.29 is 28.4 Å². The summed E-state index contributed by atoms with van der Waals surface area (Å²) in [6.45, 7) is 8.50. The minimum Gasteiger partial charge on any atom is -0.377 e. The number of hydrogen-bond acceptors (Lipinski definition) is 6. The second kappa shape index (κ2) is 17.3. The Morgan fingerprint density at radius 1 is 0.347 bits per heavy atom. The lowest BCUT2D eigenvalue weighted by atomic mass is 10.1. The number of para-hydroxylation sites is 2. The van der Waals surface area contributed by atoms with Gasteiger partial charge in [0.2, 0.25) is 0 Å². The monoisotopic (exact) mass is 664 g/mol. The zero-order valence-electron chi connectivity index (χ0n) is 28.4. The molecular formula is C41H48N2O6. The molecule has 5 heterocycles. The topological polar surface area (TPSA) is 65.2 Å². The molecule has 2 aromatic heterocycles. The van der Waals surface area contributed by atoms with Gasteiger partial charge in [-0.05, 0) is 66.8 Å². The maximum atomic E-state index is 5.96. The van der Waals surface area contributed by atoms with Gasteiger partial charge < -0.3 is 37.6 Å². The molecule has 0 amide bonds. The Bertz CT molecular complexity index is 1810. The average Bonchev–Trinajstić information content (AvgIpc) is 3.62. The van der Waals surface area contributed by atoms with Crippen molar-refractivity contribution in [3.8, 4) is 0 Å². The van der Waals surface area contributed by atoms with Gasteiger partial charge >= 0.3 is 0 Å². The summed E-state index contributed by atoms with van der Waals surface area (Å²) >= 11 is 0. The molecule has 0 N–H and O–H groups in total. The molecule has 3 aliphatic heterocycles. The summed E-state index contributed by atoms with van der Waals surface area (Å²) < 4.78 is 39.5. The van der Waals surface area contributed by atoms with Gasteiger partial charge in [-0.1, -0.05) is 48.5 Å². The molecule has 4 aromatic carbocycles. The average molecular weight is 665 g/mol. The molecule has 0 fully saturated rings. The molecule has 0 spiro atoms. The van der Waals surface area contributed by atoms with Gasteiger partial charge in [-0.25, -0.2) is 0 Å². The molecule has 0 aliphatic carbocycles. The summed E-state index contributed by atoms with van der Waals surface area (Å²) in [5, 5.41) is 5.18. The predicted molar refractivity (Wildman–Crippen MR) is 195 cm³/mol. The summed E-state index contributed by atoms with van der Waals surface area (Å²) in [4.78, 5) is 0. The summed E-state index contributed by atoms with van der Waals surface area (Å²) in [5.41, 5.74) is 7.52. The standard InChI is InChI=1S/C41H48N2O6/c1-6-16-42-38-10-4-2-8-34(38)36-28-32(12-14-40(36)42)30-48-26-24-46-22-20-44-18-19-45-21-23-47-25-27-49-31-33-13-15-41-37(29-33)35-9-3-5-11-39(35)43(41)17-7-1/h2-5,8-15,28-29H,1,6-7,16-27,30-31H2. The first-order chi connectivity index (χ1) is 24.4. The first-order valence-corrected chi connectivity index (χ1v) is 17.8. The summed E-state index contributed by atoms with van der Waals surface area (Å²) in [5.74, 6) is 0. The molecular weight excluding hydrogens is 616 g/mol. The van der Waals surface area contributed by atoms with Gasteiger partial charge in [0.1, 0.15) is 0 Å². The van der Waals surface area contributed by atoms with Crippen LogP contribution >= 0.6 is 0 Å². The molecule has 258 valence electrons. The lowest BCUT2D eigenvalue weighted by Crippen LogP contribution is -2.14. The highest BCUT2D eigenvalue weighted by Gasteiger charge is 2.13. The van der Waals surface area contributed by atoms with E-state index < -0.39 is 0 Å². The van der Waals surface area contributed by atoms with Crippen molar-refractivity contribution >= 4 is 43.6 Å². The van der Waals surface area contributed by atoms with Crippen molar-refractivity contribution in [3.05, 3.63) is 96.1 Å². The molecule has 6 aromatic rings. The molecule has 0 atom stereocenters. The summed E-state index contributed by atoms with van der Waals surface area (Å²) in [7, 11) is 0. The van der Waals surface area contributed by atoms with Crippen molar-refractivity contribution in [2.24, 2.45) is 0 Å². The minimum atomic E-state index is 0.533. The van der Waals surface area contributed by atoms with Crippen LogP contribution in [0.1, 0.15) is 30.4 Å². The number of ether oxygens (including phenoxy) is 6. The number of fused-ring (bicyclic) bond motifs is 2. The number of rotatable bonds is 0. The Balaban J connectivity index is 1.05. The Kier molecular flexibility index (Phi) is 11.9. The highest BCUT2D eigenvalue weighted by Crippen LogP contribution is 2.32. The van der Waals surface area contributed by atoms with Crippen LogP contribution in [0.4, 0.5) is 0 Å². The van der Waals surface area contributed by atoms with Gasteiger partial charge in [-0.3, -0.25) is 0 Å². The van der Waals surface area contributed by atoms with Crippen LogP contribution in [-0.4, -0.2) is 75.2 Å². The third kappa shape index (κ3) is 8.35. The van der Waals surface area contributed by atoms with Crippen LogP contribution in [-0.2, 0) is 54.7 Å². The Hall–Kier alpha value is -3.76. The fourth-order valence-corrected chi connectivity index (χ4v) is 6.96. The highest BCUT2D eigenvalue weighted by molar-refractivity contribution is 6.09.